The molecular weight excluding hydrogens is 447 g/mol. The Morgan fingerprint density at radius 1 is 1.35 bits per heavy atom. The second-order valence-electron chi connectivity index (χ2n) is 6.54. The molecule has 1 aromatic heterocycles. The molecule has 3 rings (SSSR count). The number of aromatic nitrogens is 1. The van der Waals surface area contributed by atoms with Gasteiger partial charge in [0.15, 0.2) is 0 Å². The molecule has 2 atom stereocenters. The highest BCUT2D eigenvalue weighted by Gasteiger charge is 2.33. The molecule has 2 N–H and O–H groups in total. The molecule has 0 bridgehead atoms. The van der Waals surface area contributed by atoms with Crippen molar-refractivity contribution < 1.29 is 27.7 Å². The normalized spacial score (nSPS) is 16.5. The minimum atomic E-state index is -1.25. The number of rotatable bonds is 7. The summed E-state index contributed by atoms with van der Waals surface area (Å²) < 4.78 is 31.1. The van der Waals surface area contributed by atoms with Crippen LogP contribution in [0.3, 0.4) is 0 Å². The molecule has 9 nitrogen and oxygen atoms in total. The highest BCUT2D eigenvalue weighted by molar-refractivity contribution is 7.84. The van der Waals surface area contributed by atoms with Gasteiger partial charge < -0.3 is 15.4 Å². The Kier molecular flexibility index (Phi) is 7.23. The number of anilines is 2. The lowest BCUT2D eigenvalue weighted by Crippen LogP contribution is -2.35. The van der Waals surface area contributed by atoms with Gasteiger partial charge in [-0.3, -0.25) is 18.7 Å². The summed E-state index contributed by atoms with van der Waals surface area (Å²) in [6.07, 6.45) is 1.54. The van der Waals surface area contributed by atoms with E-state index < -0.39 is 34.7 Å². The number of amides is 3. The molecule has 0 saturated carbocycles. The van der Waals surface area contributed by atoms with E-state index in [-0.39, 0.29) is 36.0 Å². The largest absolute Gasteiger partial charge is 0.442 e. The van der Waals surface area contributed by atoms with Gasteiger partial charge in [0.2, 0.25) is 5.91 Å². The van der Waals surface area contributed by atoms with Crippen LogP contribution in [0.2, 0.25) is 0 Å². The Labute approximate surface area is 185 Å². The van der Waals surface area contributed by atoms with E-state index in [1.54, 1.807) is 0 Å². The predicted octanol–water partition coefficient (Wildman–Crippen LogP) is 1.58. The molecule has 2 aromatic rings. The van der Waals surface area contributed by atoms with Gasteiger partial charge in [0.25, 0.3) is 5.91 Å². The van der Waals surface area contributed by atoms with Crippen molar-refractivity contribution >= 4 is 52.7 Å². The molecule has 1 aliphatic rings. The number of cyclic esters (lactones) is 1. The molecule has 2 heterocycles. The number of halogens is 1. The third-order valence-corrected chi connectivity index (χ3v) is 5.46. The fourth-order valence-corrected chi connectivity index (χ4v) is 3.37. The highest BCUT2D eigenvalue weighted by atomic mass is 32.2. The van der Waals surface area contributed by atoms with Crippen molar-refractivity contribution in [3.8, 4) is 0 Å². The van der Waals surface area contributed by atoms with Crippen LogP contribution in [-0.2, 0) is 20.3 Å². The Balaban J connectivity index is 1.66. The average molecular weight is 467 g/mol. The number of carbonyl (C=O) groups is 3. The van der Waals surface area contributed by atoms with Crippen molar-refractivity contribution in [3.05, 3.63) is 47.9 Å². The summed E-state index contributed by atoms with van der Waals surface area (Å²) in [5, 5.41) is 5.43. The van der Waals surface area contributed by atoms with Crippen molar-refractivity contribution in [1.29, 1.82) is 0 Å². The lowest BCUT2D eigenvalue weighted by Gasteiger charge is -2.14. The van der Waals surface area contributed by atoms with Crippen LogP contribution in [0.25, 0.3) is 0 Å². The zero-order chi connectivity index (χ0) is 22.5. The van der Waals surface area contributed by atoms with E-state index >= 15 is 0 Å². The van der Waals surface area contributed by atoms with Gasteiger partial charge in [-0.15, -0.1) is 0 Å². The Morgan fingerprint density at radius 2 is 2.13 bits per heavy atom. The Morgan fingerprint density at radius 3 is 2.74 bits per heavy atom. The Bertz CT molecular complexity index is 1030. The quantitative estimate of drug-likeness (QED) is 0.534. The van der Waals surface area contributed by atoms with Crippen LogP contribution in [0.4, 0.5) is 20.6 Å². The first kappa shape index (κ1) is 22.7. The molecule has 1 aromatic carbocycles. The van der Waals surface area contributed by atoms with E-state index in [1.165, 1.54) is 41.6 Å². The average Bonchev–Trinajstić information content (AvgIpc) is 3.12. The van der Waals surface area contributed by atoms with Gasteiger partial charge in [-0.2, -0.15) is 12.6 Å². The first-order valence-electron chi connectivity index (χ1n) is 9.04. The first-order chi connectivity index (χ1) is 14.8. The van der Waals surface area contributed by atoms with E-state index in [1.807, 2.05) is 0 Å². The summed E-state index contributed by atoms with van der Waals surface area (Å²) in [6, 6.07) is 6.76. The summed E-state index contributed by atoms with van der Waals surface area (Å²) in [7, 11) is -1.25. The SMILES string of the molecule is CS(=O)c1ccc(NC(=O)c2ccc(N3C[C@H](CNC(=O)CS)OC3=O)cc2F)cn1. The Hall–Kier alpha value is -2.99. The molecule has 1 saturated heterocycles. The molecule has 31 heavy (non-hydrogen) atoms. The van der Waals surface area contributed by atoms with Gasteiger partial charge >= 0.3 is 6.09 Å². The van der Waals surface area contributed by atoms with E-state index in [0.717, 1.165) is 6.07 Å². The van der Waals surface area contributed by atoms with Crippen LogP contribution < -0.4 is 15.5 Å². The predicted molar refractivity (Wildman–Crippen MR) is 115 cm³/mol. The third kappa shape index (κ3) is 5.58. The van der Waals surface area contributed by atoms with Gasteiger partial charge in [-0.25, -0.2) is 14.2 Å². The summed E-state index contributed by atoms with van der Waals surface area (Å²) in [5.41, 5.74) is 0.312. The van der Waals surface area contributed by atoms with Gasteiger partial charge in [-0.05, 0) is 30.3 Å². The van der Waals surface area contributed by atoms with Crippen LogP contribution in [0.5, 0.6) is 0 Å². The number of thiol groups is 1. The lowest BCUT2D eigenvalue weighted by atomic mass is 10.1. The molecule has 0 radical (unpaired) electrons. The van der Waals surface area contributed by atoms with Crippen LogP contribution in [-0.4, -0.2) is 58.3 Å². The van der Waals surface area contributed by atoms with Crippen molar-refractivity contribution in [2.75, 3.05) is 35.3 Å². The molecule has 3 amide bonds. The second-order valence-corrected chi connectivity index (χ2v) is 8.18. The molecule has 0 aliphatic carbocycles. The highest BCUT2D eigenvalue weighted by Crippen LogP contribution is 2.24. The maximum Gasteiger partial charge on any atom is 0.414 e. The number of hydrogen-bond donors (Lipinski definition) is 3. The number of carbonyl (C=O) groups excluding carboxylic acids is 3. The molecule has 164 valence electrons. The number of ether oxygens (including phenoxy) is 1. The fourth-order valence-electron chi connectivity index (χ4n) is 2.80. The molecule has 1 unspecified atom stereocenters. The maximum absolute atomic E-state index is 14.6. The summed E-state index contributed by atoms with van der Waals surface area (Å²) in [4.78, 5) is 40.9. The number of benzene rings is 1. The van der Waals surface area contributed by atoms with E-state index in [4.69, 9.17) is 4.74 Å². The lowest BCUT2D eigenvalue weighted by molar-refractivity contribution is -0.118. The number of pyridine rings is 1. The van der Waals surface area contributed by atoms with Crippen LogP contribution >= 0.6 is 12.6 Å². The van der Waals surface area contributed by atoms with Gasteiger partial charge in [-0.1, -0.05) is 0 Å². The minimum Gasteiger partial charge on any atom is -0.442 e. The molecule has 1 aliphatic heterocycles. The van der Waals surface area contributed by atoms with E-state index in [9.17, 15) is 23.0 Å². The van der Waals surface area contributed by atoms with Crippen molar-refractivity contribution in [2.24, 2.45) is 0 Å². The van der Waals surface area contributed by atoms with Crippen LogP contribution in [0.15, 0.2) is 41.6 Å². The minimum absolute atomic E-state index is 0.0113. The van der Waals surface area contributed by atoms with Crippen LogP contribution in [0, 0.1) is 5.82 Å². The monoisotopic (exact) mass is 466 g/mol. The van der Waals surface area contributed by atoms with E-state index in [2.05, 4.69) is 28.2 Å². The standard InChI is InChI=1S/C19H19FN4O5S2/c1-31(28)17-5-2-11(7-22-17)23-18(26)14-4-3-12(6-15(14)20)24-9-13(29-19(24)27)8-21-16(25)10-30/h2-7,13,30H,8-10H2,1H3,(H,21,25)(H,23,26)/t13-,31?/m0/s1. The zero-order valence-corrected chi connectivity index (χ0v) is 18.0. The third-order valence-electron chi connectivity index (χ3n) is 4.34. The van der Waals surface area contributed by atoms with E-state index in [0.29, 0.717) is 10.7 Å². The molecule has 0 spiro atoms. The number of hydrogen-bond acceptors (Lipinski definition) is 7. The topological polar surface area (TPSA) is 118 Å². The second kappa shape index (κ2) is 9.88. The van der Waals surface area contributed by atoms with Crippen molar-refractivity contribution in [3.63, 3.8) is 0 Å². The van der Waals surface area contributed by atoms with Crippen LogP contribution in [0.1, 0.15) is 10.4 Å². The molecule has 12 heteroatoms. The van der Waals surface area contributed by atoms with Crippen molar-refractivity contribution in [1.82, 2.24) is 10.3 Å². The van der Waals surface area contributed by atoms with Crippen molar-refractivity contribution in [2.45, 2.75) is 11.1 Å². The smallest absolute Gasteiger partial charge is 0.414 e. The maximum atomic E-state index is 14.6. The number of nitrogens with one attached hydrogen (secondary N) is 2. The molecular formula is C19H19FN4O5S2. The fraction of sp³-hybridized carbons (Fsp3) is 0.263. The molecule has 1 fully saturated rings. The summed E-state index contributed by atoms with van der Waals surface area (Å²) >= 11 is 3.85. The first-order valence-corrected chi connectivity index (χ1v) is 11.2. The van der Waals surface area contributed by atoms with Gasteiger partial charge in [0.05, 0.1) is 52.8 Å². The summed E-state index contributed by atoms with van der Waals surface area (Å²) in [5.74, 6) is -1.81. The van der Waals surface area contributed by atoms with Gasteiger partial charge in [0, 0.05) is 6.26 Å². The zero-order valence-electron chi connectivity index (χ0n) is 16.3. The van der Waals surface area contributed by atoms with Gasteiger partial charge in [0.1, 0.15) is 16.9 Å². The summed E-state index contributed by atoms with van der Waals surface area (Å²) in [6.45, 7) is 0.233. The number of nitrogens with zero attached hydrogens (tertiary/aromatic N) is 2.